The number of hydrogen-bond acceptors (Lipinski definition) is 1. The Kier molecular flexibility index (Phi) is 40.1. The molecule has 0 spiro atoms. The van der Waals surface area contributed by atoms with Crippen LogP contribution in [0, 0.1) is 0 Å². The molecule has 0 fully saturated rings. The van der Waals surface area contributed by atoms with Crippen LogP contribution in [0.5, 0.6) is 0 Å². The number of nitrogens with zero attached hydrogens (tertiary/aromatic N) is 1. The third-order valence-electron chi connectivity index (χ3n) is 0.406. The molecule has 6 heteroatoms. The minimum atomic E-state index is 0. The zero-order valence-corrected chi connectivity index (χ0v) is 11.2. The van der Waals surface area contributed by atoms with E-state index in [1.54, 1.807) is 18.7 Å². The standard InChI is InChI=1S/C3H4N2.4BrH/c1-2-5-3-4-1;;;;/h1-3H,(H,4,5);4*1H. The average molecular weight is 392 g/mol. The summed E-state index contributed by atoms with van der Waals surface area (Å²) in [7, 11) is 0. The molecule has 0 aliphatic carbocycles. The van der Waals surface area contributed by atoms with Crippen LogP contribution in [0.15, 0.2) is 18.7 Å². The molecule has 1 N–H and O–H groups in total. The van der Waals surface area contributed by atoms with E-state index in [0.29, 0.717) is 0 Å². The molecule has 1 aromatic rings. The summed E-state index contributed by atoms with van der Waals surface area (Å²) in [5, 5.41) is 0. The molecule has 2 nitrogen and oxygen atoms in total. The summed E-state index contributed by atoms with van der Waals surface area (Å²) in [6.07, 6.45) is 5.08. The monoisotopic (exact) mass is 388 g/mol. The molecule has 0 saturated carbocycles. The van der Waals surface area contributed by atoms with Crippen LogP contribution in [0.4, 0.5) is 0 Å². The van der Waals surface area contributed by atoms with Gasteiger partial charge in [0.15, 0.2) is 0 Å². The Morgan fingerprint density at radius 1 is 1.00 bits per heavy atom. The van der Waals surface area contributed by atoms with E-state index >= 15 is 0 Å². The lowest BCUT2D eigenvalue weighted by Crippen LogP contribution is -1.44. The van der Waals surface area contributed by atoms with Crippen molar-refractivity contribution in [2.45, 2.75) is 0 Å². The normalized spacial score (nSPS) is 4.44. The van der Waals surface area contributed by atoms with E-state index in [-0.39, 0.29) is 67.9 Å². The van der Waals surface area contributed by atoms with E-state index in [1.807, 2.05) is 0 Å². The first-order valence-corrected chi connectivity index (χ1v) is 1.43. The van der Waals surface area contributed by atoms with Crippen molar-refractivity contribution in [1.82, 2.24) is 9.97 Å². The Bertz CT molecular complexity index is 70.3. The zero-order chi connectivity index (χ0) is 3.54. The smallest absolute Gasteiger partial charge is 0.0919 e. The Morgan fingerprint density at radius 2 is 1.56 bits per heavy atom. The Labute approximate surface area is 95.9 Å². The third-order valence-corrected chi connectivity index (χ3v) is 0.406. The second kappa shape index (κ2) is 16.1. The van der Waals surface area contributed by atoms with E-state index in [4.69, 9.17) is 0 Å². The second-order valence-electron chi connectivity index (χ2n) is 0.761. The molecule has 58 valence electrons. The van der Waals surface area contributed by atoms with E-state index in [0.717, 1.165) is 0 Å². The average Bonchev–Trinajstić information content (AvgIpc) is 1.76. The van der Waals surface area contributed by atoms with Crippen LogP contribution < -0.4 is 0 Å². The summed E-state index contributed by atoms with van der Waals surface area (Å²) < 4.78 is 0. The lowest BCUT2D eigenvalue weighted by Gasteiger charge is -1.46. The second-order valence-corrected chi connectivity index (χ2v) is 0.761. The van der Waals surface area contributed by atoms with Crippen molar-refractivity contribution in [3.8, 4) is 0 Å². The van der Waals surface area contributed by atoms with Gasteiger partial charge in [-0.3, -0.25) is 0 Å². The van der Waals surface area contributed by atoms with Gasteiger partial charge in [0.1, 0.15) is 0 Å². The number of aromatic amines is 1. The highest BCUT2D eigenvalue weighted by Gasteiger charge is 1.56. The van der Waals surface area contributed by atoms with Gasteiger partial charge in [-0.1, -0.05) is 0 Å². The highest BCUT2D eigenvalue weighted by Crippen LogP contribution is 1.62. The van der Waals surface area contributed by atoms with Gasteiger partial charge in [-0.05, 0) is 0 Å². The van der Waals surface area contributed by atoms with Gasteiger partial charge in [0.25, 0.3) is 0 Å². The number of H-pyrrole nitrogens is 1. The fourth-order valence-electron chi connectivity index (χ4n) is 0.215. The van der Waals surface area contributed by atoms with E-state index in [1.165, 1.54) is 0 Å². The molecular weight excluding hydrogens is 384 g/mol. The predicted octanol–water partition coefficient (Wildman–Crippen LogP) is 2.72. The van der Waals surface area contributed by atoms with Crippen LogP contribution in [-0.2, 0) is 0 Å². The van der Waals surface area contributed by atoms with Crippen LogP contribution in [0.25, 0.3) is 0 Å². The van der Waals surface area contributed by atoms with E-state index in [9.17, 15) is 0 Å². The maximum Gasteiger partial charge on any atom is 0.0919 e. The summed E-state index contributed by atoms with van der Waals surface area (Å²) >= 11 is 0. The van der Waals surface area contributed by atoms with Crippen molar-refractivity contribution in [3.63, 3.8) is 0 Å². The van der Waals surface area contributed by atoms with Crippen molar-refractivity contribution in [1.29, 1.82) is 0 Å². The first kappa shape index (κ1) is 22.5. The number of halogens is 4. The SMILES string of the molecule is Br.Br.Br.Br.c1c[nH]cn1. The fourth-order valence-corrected chi connectivity index (χ4v) is 0.215. The van der Waals surface area contributed by atoms with Crippen molar-refractivity contribution in [2.75, 3.05) is 0 Å². The van der Waals surface area contributed by atoms with Crippen LogP contribution in [-0.4, -0.2) is 9.97 Å². The van der Waals surface area contributed by atoms with Crippen LogP contribution >= 0.6 is 67.9 Å². The predicted molar refractivity (Wildman–Crippen MR) is 59.9 cm³/mol. The van der Waals surface area contributed by atoms with Crippen LogP contribution in [0.1, 0.15) is 0 Å². The van der Waals surface area contributed by atoms with Crippen molar-refractivity contribution in [2.24, 2.45) is 0 Å². The Balaban J connectivity index is -0.0000000312. The maximum absolute atomic E-state index is 3.67. The summed E-state index contributed by atoms with van der Waals surface area (Å²) in [5.41, 5.74) is 0. The molecule has 0 amide bonds. The van der Waals surface area contributed by atoms with Crippen LogP contribution in [0.2, 0.25) is 0 Å². The minimum absolute atomic E-state index is 0. The number of imidazole rings is 1. The number of nitrogens with one attached hydrogen (secondary N) is 1. The molecule has 1 rings (SSSR count). The Morgan fingerprint density at radius 3 is 1.67 bits per heavy atom. The van der Waals surface area contributed by atoms with Gasteiger partial charge in [0.2, 0.25) is 0 Å². The summed E-state index contributed by atoms with van der Waals surface area (Å²) in [5.74, 6) is 0. The summed E-state index contributed by atoms with van der Waals surface area (Å²) in [6, 6.07) is 0. The topological polar surface area (TPSA) is 28.7 Å². The first-order valence-electron chi connectivity index (χ1n) is 1.43. The Hall–Kier alpha value is 1.13. The third kappa shape index (κ3) is 12.4. The van der Waals surface area contributed by atoms with E-state index in [2.05, 4.69) is 9.97 Å². The minimum Gasteiger partial charge on any atom is -0.351 e. The van der Waals surface area contributed by atoms with Crippen molar-refractivity contribution in [3.05, 3.63) is 18.7 Å². The molecule has 0 aliphatic heterocycles. The van der Waals surface area contributed by atoms with Gasteiger partial charge >= 0.3 is 0 Å². The molecule has 0 radical (unpaired) electrons. The lowest BCUT2D eigenvalue weighted by molar-refractivity contribution is 1.31. The maximum atomic E-state index is 3.67. The van der Waals surface area contributed by atoms with Gasteiger partial charge in [-0.2, -0.15) is 0 Å². The highest BCUT2D eigenvalue weighted by atomic mass is 79.9. The molecule has 0 aliphatic rings. The van der Waals surface area contributed by atoms with Crippen molar-refractivity contribution < 1.29 is 0 Å². The molecule has 0 aromatic carbocycles. The van der Waals surface area contributed by atoms with Gasteiger partial charge in [-0.15, -0.1) is 67.9 Å². The van der Waals surface area contributed by atoms with E-state index < -0.39 is 0 Å². The first-order chi connectivity index (χ1) is 2.50. The van der Waals surface area contributed by atoms with Gasteiger partial charge in [0.05, 0.1) is 6.33 Å². The largest absolute Gasteiger partial charge is 0.351 e. The molecule has 9 heavy (non-hydrogen) atoms. The summed E-state index contributed by atoms with van der Waals surface area (Å²) in [6.45, 7) is 0. The molecule has 1 aromatic heterocycles. The molecule has 0 bridgehead atoms. The van der Waals surface area contributed by atoms with Gasteiger partial charge in [-0.25, -0.2) is 4.98 Å². The molecular formula is C3H8Br4N2. The van der Waals surface area contributed by atoms with Gasteiger partial charge in [0, 0.05) is 12.4 Å². The lowest BCUT2D eigenvalue weighted by atomic mass is 11.0. The molecule has 0 unspecified atom stereocenters. The van der Waals surface area contributed by atoms with Crippen molar-refractivity contribution >= 4 is 67.9 Å². The quantitative estimate of drug-likeness (QED) is 0.724. The number of rotatable bonds is 0. The number of aromatic nitrogens is 2. The molecule has 0 atom stereocenters. The van der Waals surface area contributed by atoms with Crippen LogP contribution in [0.3, 0.4) is 0 Å². The fraction of sp³-hybridized carbons (Fsp3) is 0. The van der Waals surface area contributed by atoms with Gasteiger partial charge < -0.3 is 4.98 Å². The molecule has 1 heterocycles. The zero-order valence-electron chi connectivity index (χ0n) is 4.31. The summed E-state index contributed by atoms with van der Waals surface area (Å²) in [4.78, 5) is 6.42. The molecule has 0 saturated heterocycles. The highest BCUT2D eigenvalue weighted by molar-refractivity contribution is 8.93. The number of hydrogen-bond donors (Lipinski definition) is 1.